The first-order valence-corrected chi connectivity index (χ1v) is 7.78. The van der Waals surface area contributed by atoms with E-state index in [1.165, 1.54) is 5.56 Å². The lowest BCUT2D eigenvalue weighted by Gasteiger charge is -2.39. The zero-order valence-corrected chi connectivity index (χ0v) is 13.0. The zero-order valence-electron chi connectivity index (χ0n) is 13.0. The quantitative estimate of drug-likeness (QED) is 0.863. The average molecular weight is 276 g/mol. The molecule has 0 spiro atoms. The number of nitrogens with zero attached hydrogens (tertiary/aromatic N) is 1. The van der Waals surface area contributed by atoms with Crippen molar-refractivity contribution < 1.29 is 4.74 Å². The SMILES string of the molecule is CC(C)OCCN1CC(Cc2ccccc2)NCC1C. The van der Waals surface area contributed by atoms with Crippen LogP contribution in [-0.4, -0.2) is 49.3 Å². The molecule has 1 fully saturated rings. The Labute approximate surface area is 123 Å². The van der Waals surface area contributed by atoms with Crippen LogP contribution in [0.25, 0.3) is 0 Å². The van der Waals surface area contributed by atoms with E-state index in [2.05, 4.69) is 61.3 Å². The molecule has 0 aromatic heterocycles. The van der Waals surface area contributed by atoms with E-state index in [-0.39, 0.29) is 0 Å². The first-order valence-electron chi connectivity index (χ1n) is 7.78. The van der Waals surface area contributed by atoms with Gasteiger partial charge in [-0.3, -0.25) is 4.90 Å². The smallest absolute Gasteiger partial charge is 0.0597 e. The second-order valence-electron chi connectivity index (χ2n) is 6.06. The van der Waals surface area contributed by atoms with Crippen LogP contribution in [0.15, 0.2) is 30.3 Å². The van der Waals surface area contributed by atoms with Crippen LogP contribution in [0.2, 0.25) is 0 Å². The minimum absolute atomic E-state index is 0.327. The molecule has 1 aromatic carbocycles. The second-order valence-corrected chi connectivity index (χ2v) is 6.06. The van der Waals surface area contributed by atoms with E-state index in [1.54, 1.807) is 0 Å². The van der Waals surface area contributed by atoms with E-state index in [0.29, 0.717) is 18.2 Å². The summed E-state index contributed by atoms with van der Waals surface area (Å²) in [5, 5.41) is 3.66. The van der Waals surface area contributed by atoms with Gasteiger partial charge in [-0.15, -0.1) is 0 Å². The molecule has 1 aliphatic rings. The van der Waals surface area contributed by atoms with Crippen molar-refractivity contribution in [1.82, 2.24) is 10.2 Å². The molecule has 1 heterocycles. The van der Waals surface area contributed by atoms with Gasteiger partial charge in [-0.2, -0.15) is 0 Å². The second kappa shape index (κ2) is 7.77. The van der Waals surface area contributed by atoms with E-state index < -0.39 is 0 Å². The summed E-state index contributed by atoms with van der Waals surface area (Å²) in [5.74, 6) is 0. The molecule has 1 N–H and O–H groups in total. The van der Waals surface area contributed by atoms with Gasteiger partial charge < -0.3 is 10.1 Å². The van der Waals surface area contributed by atoms with Crippen LogP contribution in [0, 0.1) is 0 Å². The van der Waals surface area contributed by atoms with Gasteiger partial charge in [0.25, 0.3) is 0 Å². The number of piperazine rings is 1. The fourth-order valence-electron chi connectivity index (χ4n) is 2.75. The van der Waals surface area contributed by atoms with Crippen molar-refractivity contribution in [3.05, 3.63) is 35.9 Å². The van der Waals surface area contributed by atoms with Crippen molar-refractivity contribution in [1.29, 1.82) is 0 Å². The first kappa shape index (κ1) is 15.5. The Kier molecular flexibility index (Phi) is 6.02. The molecule has 0 radical (unpaired) electrons. The first-order chi connectivity index (χ1) is 9.65. The van der Waals surface area contributed by atoms with E-state index >= 15 is 0 Å². The van der Waals surface area contributed by atoms with Gasteiger partial charge in [-0.1, -0.05) is 30.3 Å². The molecule has 0 saturated carbocycles. The molecule has 0 aliphatic carbocycles. The fraction of sp³-hybridized carbons (Fsp3) is 0.647. The van der Waals surface area contributed by atoms with Crippen molar-refractivity contribution in [2.45, 2.75) is 45.4 Å². The number of hydrogen-bond donors (Lipinski definition) is 1. The van der Waals surface area contributed by atoms with E-state index in [9.17, 15) is 0 Å². The van der Waals surface area contributed by atoms with Crippen LogP contribution in [-0.2, 0) is 11.2 Å². The molecule has 3 heteroatoms. The van der Waals surface area contributed by atoms with Crippen LogP contribution in [0.4, 0.5) is 0 Å². The summed E-state index contributed by atoms with van der Waals surface area (Å²) in [5.41, 5.74) is 1.41. The van der Waals surface area contributed by atoms with Gasteiger partial charge in [-0.05, 0) is 32.8 Å². The highest BCUT2D eigenvalue weighted by Crippen LogP contribution is 2.11. The molecule has 0 amide bonds. The highest BCUT2D eigenvalue weighted by Gasteiger charge is 2.24. The lowest BCUT2D eigenvalue weighted by Crippen LogP contribution is -2.56. The fourth-order valence-corrected chi connectivity index (χ4v) is 2.75. The summed E-state index contributed by atoms with van der Waals surface area (Å²) < 4.78 is 5.68. The molecule has 0 bridgehead atoms. The Morgan fingerprint density at radius 2 is 2.05 bits per heavy atom. The highest BCUT2D eigenvalue weighted by atomic mass is 16.5. The van der Waals surface area contributed by atoms with Crippen LogP contribution in [0.1, 0.15) is 26.3 Å². The Morgan fingerprint density at radius 3 is 2.75 bits per heavy atom. The highest BCUT2D eigenvalue weighted by molar-refractivity contribution is 5.16. The molecule has 2 unspecified atom stereocenters. The lowest BCUT2D eigenvalue weighted by molar-refractivity contribution is 0.0396. The Morgan fingerprint density at radius 1 is 1.30 bits per heavy atom. The molecule has 1 aromatic rings. The van der Waals surface area contributed by atoms with Gasteiger partial charge >= 0.3 is 0 Å². The maximum Gasteiger partial charge on any atom is 0.0597 e. The third-order valence-corrected chi connectivity index (χ3v) is 3.93. The van der Waals surface area contributed by atoms with Crippen molar-refractivity contribution >= 4 is 0 Å². The van der Waals surface area contributed by atoms with Crippen LogP contribution < -0.4 is 5.32 Å². The molecule has 20 heavy (non-hydrogen) atoms. The number of nitrogens with one attached hydrogen (secondary N) is 1. The van der Waals surface area contributed by atoms with Gasteiger partial charge in [-0.25, -0.2) is 0 Å². The number of rotatable bonds is 6. The van der Waals surface area contributed by atoms with Crippen molar-refractivity contribution in [3.8, 4) is 0 Å². The predicted octanol–water partition coefficient (Wildman–Crippen LogP) is 2.32. The summed E-state index contributed by atoms with van der Waals surface area (Å²) >= 11 is 0. The van der Waals surface area contributed by atoms with E-state index in [4.69, 9.17) is 4.74 Å². The summed E-state index contributed by atoms with van der Waals surface area (Å²) in [6.45, 7) is 10.5. The topological polar surface area (TPSA) is 24.5 Å². The molecular formula is C17H28N2O. The van der Waals surface area contributed by atoms with Crippen molar-refractivity contribution in [2.24, 2.45) is 0 Å². The third-order valence-electron chi connectivity index (χ3n) is 3.93. The Hall–Kier alpha value is -0.900. The number of ether oxygens (including phenoxy) is 1. The average Bonchev–Trinajstić information content (AvgIpc) is 2.43. The molecule has 1 saturated heterocycles. The minimum atomic E-state index is 0.327. The Balaban J connectivity index is 1.81. The van der Waals surface area contributed by atoms with Crippen molar-refractivity contribution in [2.75, 3.05) is 26.2 Å². The maximum atomic E-state index is 5.68. The molecular weight excluding hydrogens is 248 g/mol. The van der Waals surface area contributed by atoms with Crippen LogP contribution in [0.5, 0.6) is 0 Å². The summed E-state index contributed by atoms with van der Waals surface area (Å²) in [7, 11) is 0. The summed E-state index contributed by atoms with van der Waals surface area (Å²) in [4.78, 5) is 2.55. The van der Waals surface area contributed by atoms with Gasteiger partial charge in [0, 0.05) is 31.7 Å². The number of hydrogen-bond acceptors (Lipinski definition) is 3. The lowest BCUT2D eigenvalue weighted by atomic mass is 10.0. The summed E-state index contributed by atoms with van der Waals surface area (Å²) in [6.07, 6.45) is 1.43. The molecule has 2 rings (SSSR count). The Bertz CT molecular complexity index is 380. The van der Waals surface area contributed by atoms with Crippen LogP contribution >= 0.6 is 0 Å². The largest absolute Gasteiger partial charge is 0.377 e. The monoisotopic (exact) mass is 276 g/mol. The van der Waals surface area contributed by atoms with Gasteiger partial charge in [0.15, 0.2) is 0 Å². The maximum absolute atomic E-state index is 5.68. The standard InChI is InChI=1S/C17H28N2O/c1-14(2)20-10-9-19-13-17(18-12-15(19)3)11-16-7-5-4-6-8-16/h4-8,14-15,17-18H,9-13H2,1-3H3. The minimum Gasteiger partial charge on any atom is -0.377 e. The molecule has 1 aliphatic heterocycles. The van der Waals surface area contributed by atoms with Crippen molar-refractivity contribution in [3.63, 3.8) is 0 Å². The molecule has 2 atom stereocenters. The summed E-state index contributed by atoms with van der Waals surface area (Å²) in [6, 6.07) is 11.9. The van der Waals surface area contributed by atoms with E-state index in [0.717, 1.165) is 32.7 Å². The van der Waals surface area contributed by atoms with Gasteiger partial charge in [0.1, 0.15) is 0 Å². The molecule has 3 nitrogen and oxygen atoms in total. The normalized spacial score (nSPS) is 24.2. The molecule has 112 valence electrons. The van der Waals surface area contributed by atoms with E-state index in [1.807, 2.05) is 0 Å². The van der Waals surface area contributed by atoms with Crippen LogP contribution in [0.3, 0.4) is 0 Å². The predicted molar refractivity (Wildman–Crippen MR) is 84.1 cm³/mol. The van der Waals surface area contributed by atoms with Gasteiger partial charge in [0.05, 0.1) is 12.7 Å². The zero-order chi connectivity index (χ0) is 14.4. The third kappa shape index (κ3) is 4.89. The number of benzene rings is 1. The van der Waals surface area contributed by atoms with Gasteiger partial charge in [0.2, 0.25) is 0 Å².